The number of aromatic nitrogens is 5. The summed E-state index contributed by atoms with van der Waals surface area (Å²) in [6.45, 7) is 0. The van der Waals surface area contributed by atoms with E-state index >= 15 is 0 Å². The number of fused-ring (bicyclic) bond motifs is 1. The van der Waals surface area contributed by atoms with Crippen molar-refractivity contribution in [3.8, 4) is 28.3 Å². The molecule has 0 saturated heterocycles. The summed E-state index contributed by atoms with van der Waals surface area (Å²) in [5.41, 5.74) is 15.4. The van der Waals surface area contributed by atoms with Crippen LogP contribution in [0.4, 0.5) is 20.4 Å². The van der Waals surface area contributed by atoms with Crippen LogP contribution in [0.1, 0.15) is 0 Å². The van der Waals surface area contributed by atoms with E-state index in [4.69, 9.17) is 11.5 Å². The van der Waals surface area contributed by atoms with Gasteiger partial charge in [-0.2, -0.15) is 14.3 Å². The van der Waals surface area contributed by atoms with Crippen LogP contribution in [-0.2, 0) is 0 Å². The highest BCUT2D eigenvalue weighted by Gasteiger charge is 2.15. The Labute approximate surface area is 169 Å². The molecule has 3 heterocycles. The summed E-state index contributed by atoms with van der Waals surface area (Å²) in [5, 5.41) is 8.92. The fourth-order valence-electron chi connectivity index (χ4n) is 3.20. The number of hydrogen-bond acceptors (Lipinski definition) is 5. The molecule has 0 aliphatic heterocycles. The van der Waals surface area contributed by atoms with Crippen molar-refractivity contribution in [1.82, 2.24) is 24.4 Å². The largest absolute Gasteiger partial charge is 0.384 e. The normalized spacial score (nSPS) is 11.3. The summed E-state index contributed by atoms with van der Waals surface area (Å²) >= 11 is 0. The smallest absolute Gasteiger partial charge is 0.180 e. The molecule has 0 spiro atoms. The Bertz CT molecular complexity index is 1370. The van der Waals surface area contributed by atoms with Crippen LogP contribution in [0.2, 0.25) is 0 Å². The van der Waals surface area contributed by atoms with Crippen molar-refractivity contribution in [3.05, 3.63) is 78.4 Å². The topological polar surface area (TPSA) is 100 Å². The fourth-order valence-corrected chi connectivity index (χ4v) is 3.20. The minimum Gasteiger partial charge on any atom is -0.384 e. The van der Waals surface area contributed by atoms with Gasteiger partial charge in [-0.05, 0) is 48.5 Å². The van der Waals surface area contributed by atoms with Gasteiger partial charge in [0.15, 0.2) is 11.5 Å². The van der Waals surface area contributed by atoms with Gasteiger partial charge in [0.25, 0.3) is 0 Å². The molecule has 0 aliphatic rings. The van der Waals surface area contributed by atoms with Crippen molar-refractivity contribution in [3.63, 3.8) is 0 Å². The molecule has 0 atom stereocenters. The van der Waals surface area contributed by atoms with Crippen LogP contribution in [0.5, 0.6) is 0 Å². The summed E-state index contributed by atoms with van der Waals surface area (Å²) in [4.78, 5) is 4.56. The number of halogens is 2. The average molecular weight is 403 g/mol. The number of nitrogens with two attached hydrogens (primary N) is 2. The summed E-state index contributed by atoms with van der Waals surface area (Å²) in [7, 11) is 0. The molecular weight excluding hydrogens is 388 g/mol. The molecule has 9 heteroatoms. The van der Waals surface area contributed by atoms with Crippen LogP contribution in [0.25, 0.3) is 34.0 Å². The molecule has 0 saturated carbocycles. The van der Waals surface area contributed by atoms with Crippen molar-refractivity contribution in [2.24, 2.45) is 0 Å². The molecule has 30 heavy (non-hydrogen) atoms. The minimum absolute atomic E-state index is 0.328. The van der Waals surface area contributed by atoms with Gasteiger partial charge in [-0.25, -0.2) is 13.8 Å². The van der Waals surface area contributed by atoms with Crippen molar-refractivity contribution < 1.29 is 8.78 Å². The maximum Gasteiger partial charge on any atom is 0.180 e. The molecule has 7 nitrogen and oxygen atoms in total. The molecule has 4 N–H and O–H groups in total. The van der Waals surface area contributed by atoms with E-state index in [9.17, 15) is 8.78 Å². The Kier molecular flexibility index (Phi) is 3.95. The maximum atomic E-state index is 13.2. The molecule has 2 aromatic carbocycles. The highest BCUT2D eigenvalue weighted by molar-refractivity contribution is 5.67. The quantitative estimate of drug-likeness (QED) is 0.479. The Morgan fingerprint density at radius 3 is 1.87 bits per heavy atom. The lowest BCUT2D eigenvalue weighted by atomic mass is 10.1. The van der Waals surface area contributed by atoms with E-state index in [-0.39, 0.29) is 11.6 Å². The van der Waals surface area contributed by atoms with Crippen molar-refractivity contribution in [2.75, 3.05) is 11.5 Å². The fraction of sp³-hybridized carbons (Fsp3) is 0. The zero-order valence-corrected chi connectivity index (χ0v) is 15.5. The summed E-state index contributed by atoms with van der Waals surface area (Å²) in [6, 6.07) is 17.0. The molecular formula is C21H15F2N7. The molecule has 0 fully saturated rings. The number of anilines is 2. The third kappa shape index (κ3) is 3.02. The van der Waals surface area contributed by atoms with Crippen LogP contribution in [-0.4, -0.2) is 24.4 Å². The Morgan fingerprint density at radius 2 is 1.23 bits per heavy atom. The van der Waals surface area contributed by atoms with E-state index in [0.717, 1.165) is 11.1 Å². The third-order valence-corrected chi connectivity index (χ3v) is 4.68. The van der Waals surface area contributed by atoms with Crippen LogP contribution >= 0.6 is 0 Å². The average Bonchev–Trinajstić information content (AvgIpc) is 3.33. The molecule has 5 rings (SSSR count). The lowest BCUT2D eigenvalue weighted by Gasteiger charge is -2.04. The molecule has 3 aromatic heterocycles. The van der Waals surface area contributed by atoms with Gasteiger partial charge in [0.2, 0.25) is 0 Å². The Morgan fingerprint density at radius 1 is 0.667 bits per heavy atom. The van der Waals surface area contributed by atoms with E-state index in [0.29, 0.717) is 34.5 Å². The van der Waals surface area contributed by atoms with Crippen LogP contribution in [0, 0.1) is 11.6 Å². The predicted octanol–water partition coefficient (Wildman–Crippen LogP) is 3.69. The van der Waals surface area contributed by atoms with Crippen LogP contribution in [0.3, 0.4) is 0 Å². The lowest BCUT2D eigenvalue weighted by Crippen LogP contribution is -2.04. The lowest BCUT2D eigenvalue weighted by molar-refractivity contribution is 0.627. The first kappa shape index (κ1) is 17.8. The second kappa shape index (κ2) is 6.66. The first-order valence-electron chi connectivity index (χ1n) is 9.02. The van der Waals surface area contributed by atoms with Crippen LogP contribution in [0.15, 0.2) is 66.7 Å². The second-order valence-electron chi connectivity index (χ2n) is 6.72. The van der Waals surface area contributed by atoms with Gasteiger partial charge in [-0.15, -0.1) is 5.10 Å². The summed E-state index contributed by atoms with van der Waals surface area (Å²) in [5.74, 6) is 0.483. The van der Waals surface area contributed by atoms with Gasteiger partial charge in [0.1, 0.15) is 23.3 Å². The minimum atomic E-state index is -0.329. The van der Waals surface area contributed by atoms with E-state index < -0.39 is 0 Å². The number of hydrogen-bond donors (Lipinski definition) is 2. The monoisotopic (exact) mass is 403 g/mol. The summed E-state index contributed by atoms with van der Waals surface area (Å²) < 4.78 is 29.3. The van der Waals surface area contributed by atoms with Gasteiger partial charge >= 0.3 is 0 Å². The molecule has 5 aromatic rings. The molecule has 0 radical (unpaired) electrons. The maximum absolute atomic E-state index is 13.2. The standard InChI is InChI=1S/C21H15F2N7/c22-14-5-1-12(2-6-14)16-9-18(24)29-20(26-16)11-21(28-29)30-19(25)10-17(27-30)13-3-7-15(23)8-4-13/h1-11H,24-25H2. The second-order valence-corrected chi connectivity index (χ2v) is 6.72. The zero-order chi connectivity index (χ0) is 20.8. The Balaban J connectivity index is 1.58. The number of benzene rings is 2. The van der Waals surface area contributed by atoms with Gasteiger partial charge < -0.3 is 11.5 Å². The van der Waals surface area contributed by atoms with E-state index in [1.165, 1.54) is 33.5 Å². The first-order chi connectivity index (χ1) is 14.5. The number of rotatable bonds is 3. The van der Waals surface area contributed by atoms with Gasteiger partial charge in [-0.3, -0.25) is 0 Å². The van der Waals surface area contributed by atoms with Gasteiger partial charge in [0.05, 0.1) is 11.4 Å². The predicted molar refractivity (Wildman–Crippen MR) is 110 cm³/mol. The van der Waals surface area contributed by atoms with Crippen molar-refractivity contribution in [2.45, 2.75) is 0 Å². The third-order valence-electron chi connectivity index (χ3n) is 4.68. The number of nitrogen functional groups attached to an aromatic ring is 2. The van der Waals surface area contributed by atoms with Crippen LogP contribution < -0.4 is 11.5 Å². The molecule has 0 amide bonds. The van der Waals surface area contributed by atoms with Gasteiger partial charge in [-0.1, -0.05) is 0 Å². The zero-order valence-electron chi connectivity index (χ0n) is 15.5. The number of nitrogens with zero attached hydrogens (tertiary/aromatic N) is 5. The van der Waals surface area contributed by atoms with Gasteiger partial charge in [0, 0.05) is 29.3 Å². The highest BCUT2D eigenvalue weighted by Crippen LogP contribution is 2.25. The SMILES string of the molecule is Nc1cc(-c2ccc(F)cc2)nn1-c1cc2nc(-c3ccc(F)cc3)cc(N)n2n1. The van der Waals surface area contributed by atoms with E-state index in [2.05, 4.69) is 15.2 Å². The Hall–Kier alpha value is -4.27. The first-order valence-corrected chi connectivity index (χ1v) is 9.02. The van der Waals surface area contributed by atoms with E-state index in [1.807, 2.05) is 0 Å². The van der Waals surface area contributed by atoms with Crippen molar-refractivity contribution >= 4 is 17.3 Å². The molecule has 148 valence electrons. The van der Waals surface area contributed by atoms with E-state index in [1.54, 1.807) is 42.5 Å². The summed E-state index contributed by atoms with van der Waals surface area (Å²) in [6.07, 6.45) is 0. The highest BCUT2D eigenvalue weighted by atomic mass is 19.1. The molecule has 0 bridgehead atoms. The molecule has 0 aliphatic carbocycles. The van der Waals surface area contributed by atoms with Crippen molar-refractivity contribution in [1.29, 1.82) is 0 Å². The molecule has 0 unspecified atom stereocenters.